The fourth-order valence-electron chi connectivity index (χ4n) is 3.69. The largest absolute Gasteiger partial charge is 0.330 e. The zero-order chi connectivity index (χ0) is 7.42. The molecule has 1 saturated carbocycles. The molecule has 0 aromatic rings. The summed E-state index contributed by atoms with van der Waals surface area (Å²) in [5, 5.41) is 0. The van der Waals surface area contributed by atoms with Crippen LogP contribution in [-0.4, -0.2) is 31.1 Å². The first-order valence-corrected chi connectivity index (χ1v) is 4.81. The normalized spacial score (nSPS) is 59.2. The van der Waals surface area contributed by atoms with Crippen molar-refractivity contribution < 1.29 is 0 Å². The molecule has 2 nitrogen and oxygen atoms in total. The van der Waals surface area contributed by atoms with Crippen LogP contribution in [0.3, 0.4) is 0 Å². The van der Waals surface area contributed by atoms with E-state index >= 15 is 0 Å². The van der Waals surface area contributed by atoms with Crippen LogP contribution in [0.15, 0.2) is 0 Å². The lowest BCUT2D eigenvalue weighted by molar-refractivity contribution is 0.148. The highest BCUT2D eigenvalue weighted by molar-refractivity contribution is 5.03. The van der Waals surface area contributed by atoms with Gasteiger partial charge < -0.3 is 10.6 Å². The maximum atomic E-state index is 5.79. The Bertz CT molecular complexity index is 176. The Morgan fingerprint density at radius 1 is 1.18 bits per heavy atom. The molecule has 0 aromatic carbocycles. The van der Waals surface area contributed by atoms with Crippen molar-refractivity contribution in [3.8, 4) is 0 Å². The molecule has 0 aromatic heterocycles. The molecule has 4 bridgehead atoms. The van der Waals surface area contributed by atoms with E-state index in [1.165, 1.54) is 26.1 Å². The van der Waals surface area contributed by atoms with Gasteiger partial charge in [-0.2, -0.15) is 0 Å². The lowest BCUT2D eigenvalue weighted by Crippen LogP contribution is -2.40. The van der Waals surface area contributed by atoms with Gasteiger partial charge in [0.1, 0.15) is 0 Å². The smallest absolute Gasteiger partial charge is 0.00163 e. The Labute approximate surface area is 67.7 Å². The second-order valence-corrected chi connectivity index (χ2v) is 4.54. The van der Waals surface area contributed by atoms with Gasteiger partial charge in [0.2, 0.25) is 0 Å². The maximum Gasteiger partial charge on any atom is 0.00163 e. The van der Waals surface area contributed by atoms with Crippen LogP contribution in [0.4, 0.5) is 0 Å². The number of nitrogens with two attached hydrogens (primary N) is 1. The van der Waals surface area contributed by atoms with Crippen molar-refractivity contribution in [2.24, 2.45) is 29.4 Å². The van der Waals surface area contributed by atoms with Gasteiger partial charge in [-0.3, -0.25) is 0 Å². The molecule has 3 aliphatic heterocycles. The third-order valence-corrected chi connectivity index (χ3v) is 4.09. The molecular weight excluding hydrogens is 136 g/mol. The third kappa shape index (κ3) is 0.695. The summed E-state index contributed by atoms with van der Waals surface area (Å²) in [4.78, 5) is 2.63. The van der Waals surface area contributed by atoms with Gasteiger partial charge in [-0.05, 0) is 36.6 Å². The molecule has 3 saturated heterocycles. The molecule has 1 aliphatic carbocycles. The molecule has 0 amide bonds. The molecule has 2 heteroatoms. The van der Waals surface area contributed by atoms with Crippen molar-refractivity contribution in [3.63, 3.8) is 0 Å². The van der Waals surface area contributed by atoms with Crippen LogP contribution in [0.5, 0.6) is 0 Å². The summed E-state index contributed by atoms with van der Waals surface area (Å²) in [5.74, 6) is 3.87. The lowest BCUT2D eigenvalue weighted by Gasteiger charge is -2.33. The van der Waals surface area contributed by atoms with Crippen LogP contribution < -0.4 is 5.73 Å². The maximum absolute atomic E-state index is 5.79. The van der Waals surface area contributed by atoms with Gasteiger partial charge in [0.25, 0.3) is 0 Å². The lowest BCUT2D eigenvalue weighted by atomic mass is 9.86. The van der Waals surface area contributed by atoms with E-state index in [2.05, 4.69) is 4.90 Å². The summed E-state index contributed by atoms with van der Waals surface area (Å²) in [6.07, 6.45) is 1.49. The monoisotopic (exact) mass is 152 g/mol. The van der Waals surface area contributed by atoms with Crippen molar-refractivity contribution in [1.82, 2.24) is 4.90 Å². The summed E-state index contributed by atoms with van der Waals surface area (Å²) in [6, 6.07) is 0. The zero-order valence-electron chi connectivity index (χ0n) is 6.87. The molecule has 4 fully saturated rings. The highest BCUT2D eigenvalue weighted by atomic mass is 15.2. The fourth-order valence-corrected chi connectivity index (χ4v) is 3.69. The summed E-state index contributed by atoms with van der Waals surface area (Å²) in [7, 11) is 0. The predicted octanol–water partition coefficient (Wildman–Crippen LogP) is 0.143. The zero-order valence-corrected chi connectivity index (χ0v) is 6.87. The predicted molar refractivity (Wildman–Crippen MR) is 44.1 cm³/mol. The molecule has 5 atom stereocenters. The first kappa shape index (κ1) is 6.44. The van der Waals surface area contributed by atoms with Crippen molar-refractivity contribution in [2.75, 3.05) is 26.2 Å². The highest BCUT2D eigenvalue weighted by Gasteiger charge is 2.52. The van der Waals surface area contributed by atoms with Gasteiger partial charge in [-0.25, -0.2) is 0 Å². The molecule has 0 radical (unpaired) electrons. The van der Waals surface area contributed by atoms with Crippen LogP contribution >= 0.6 is 0 Å². The minimum atomic E-state index is 0.888. The van der Waals surface area contributed by atoms with Gasteiger partial charge in [-0.15, -0.1) is 0 Å². The van der Waals surface area contributed by atoms with E-state index in [1.807, 2.05) is 0 Å². The average Bonchev–Trinajstić information content (AvgIpc) is 2.40. The van der Waals surface area contributed by atoms with Crippen LogP contribution in [0.2, 0.25) is 0 Å². The summed E-state index contributed by atoms with van der Waals surface area (Å²) in [5.41, 5.74) is 5.79. The minimum absolute atomic E-state index is 0.888. The first-order chi connectivity index (χ1) is 5.38. The van der Waals surface area contributed by atoms with Crippen molar-refractivity contribution in [2.45, 2.75) is 6.42 Å². The Balaban J connectivity index is 1.91. The van der Waals surface area contributed by atoms with Crippen LogP contribution in [-0.2, 0) is 0 Å². The second kappa shape index (κ2) is 1.99. The van der Waals surface area contributed by atoms with Crippen molar-refractivity contribution in [3.05, 3.63) is 0 Å². The third-order valence-electron chi connectivity index (χ3n) is 4.09. The fraction of sp³-hybridized carbons (Fsp3) is 1.00. The van der Waals surface area contributed by atoms with E-state index < -0.39 is 0 Å². The van der Waals surface area contributed by atoms with Gasteiger partial charge >= 0.3 is 0 Å². The topological polar surface area (TPSA) is 29.3 Å². The number of rotatable bonds is 1. The van der Waals surface area contributed by atoms with E-state index in [0.29, 0.717) is 0 Å². The minimum Gasteiger partial charge on any atom is -0.330 e. The molecule has 5 unspecified atom stereocenters. The second-order valence-electron chi connectivity index (χ2n) is 4.54. The van der Waals surface area contributed by atoms with E-state index in [4.69, 9.17) is 5.73 Å². The summed E-state index contributed by atoms with van der Waals surface area (Å²) < 4.78 is 0. The van der Waals surface area contributed by atoms with E-state index in [-0.39, 0.29) is 0 Å². The number of hydrogen-bond donors (Lipinski definition) is 1. The van der Waals surface area contributed by atoms with Crippen molar-refractivity contribution in [1.29, 1.82) is 0 Å². The SMILES string of the molecule is NCC1C2CC3CN(C2)CC31. The quantitative estimate of drug-likeness (QED) is 0.579. The molecule has 62 valence electrons. The number of nitrogens with zero attached hydrogens (tertiary/aromatic N) is 1. The van der Waals surface area contributed by atoms with Gasteiger partial charge in [-0.1, -0.05) is 0 Å². The molecular formula is C9H16N2. The van der Waals surface area contributed by atoms with E-state index in [1.54, 1.807) is 0 Å². The van der Waals surface area contributed by atoms with Crippen molar-refractivity contribution >= 4 is 0 Å². The van der Waals surface area contributed by atoms with Crippen LogP contribution in [0.25, 0.3) is 0 Å². The molecule has 2 N–H and O–H groups in total. The molecule has 11 heavy (non-hydrogen) atoms. The Morgan fingerprint density at radius 2 is 2.00 bits per heavy atom. The van der Waals surface area contributed by atoms with Gasteiger partial charge in [0, 0.05) is 19.6 Å². The number of piperidine rings is 2. The Hall–Kier alpha value is -0.0800. The standard InChI is InChI=1S/C9H16N2/c10-2-8-6-1-7-4-11(3-6)5-9(7)8/h6-9H,1-5,10H2. The molecule has 3 heterocycles. The van der Waals surface area contributed by atoms with Gasteiger partial charge in [0.05, 0.1) is 0 Å². The molecule has 0 spiro atoms. The Morgan fingerprint density at radius 3 is 2.73 bits per heavy atom. The van der Waals surface area contributed by atoms with E-state index in [9.17, 15) is 0 Å². The average molecular weight is 152 g/mol. The number of hydrogen-bond acceptors (Lipinski definition) is 2. The highest BCUT2D eigenvalue weighted by Crippen LogP contribution is 2.50. The summed E-state index contributed by atoms with van der Waals surface area (Å²) >= 11 is 0. The first-order valence-electron chi connectivity index (χ1n) is 4.81. The van der Waals surface area contributed by atoms with Crippen LogP contribution in [0.1, 0.15) is 6.42 Å². The molecule has 4 aliphatic rings. The van der Waals surface area contributed by atoms with E-state index in [0.717, 1.165) is 30.2 Å². The van der Waals surface area contributed by atoms with Crippen LogP contribution in [0, 0.1) is 23.7 Å². The summed E-state index contributed by atoms with van der Waals surface area (Å²) in [6.45, 7) is 5.05. The molecule has 4 rings (SSSR count). The van der Waals surface area contributed by atoms with Gasteiger partial charge in [0.15, 0.2) is 0 Å². The Kier molecular flexibility index (Phi) is 1.16.